The van der Waals surface area contributed by atoms with Gasteiger partial charge in [0.25, 0.3) is 0 Å². The van der Waals surface area contributed by atoms with Crippen LogP contribution in [0.2, 0.25) is 0 Å². The molecule has 0 saturated carbocycles. The van der Waals surface area contributed by atoms with Crippen LogP contribution in [0.5, 0.6) is 0 Å². The average Bonchev–Trinajstić information content (AvgIpc) is 2.32. The van der Waals surface area contributed by atoms with E-state index in [0.29, 0.717) is 11.5 Å². The van der Waals surface area contributed by atoms with Crippen LogP contribution >= 0.6 is 0 Å². The first-order chi connectivity index (χ1) is 5.65. The molecular formula is C7H7N3O2. The molecule has 12 heavy (non-hydrogen) atoms. The fourth-order valence-electron chi connectivity index (χ4n) is 0.925. The normalized spacial score (nSPS) is 9.33. The van der Waals surface area contributed by atoms with Crippen LogP contribution in [0.1, 0.15) is 22.0 Å². The lowest BCUT2D eigenvalue weighted by atomic mass is 10.2. The van der Waals surface area contributed by atoms with Gasteiger partial charge in [-0.05, 0) is 6.92 Å². The predicted octanol–water partition coefficient (Wildman–Crippen LogP) is 0.482. The molecule has 0 aliphatic rings. The van der Waals surface area contributed by atoms with Crippen molar-refractivity contribution in [1.82, 2.24) is 9.97 Å². The van der Waals surface area contributed by atoms with E-state index >= 15 is 0 Å². The minimum Gasteiger partial charge on any atom is -0.476 e. The van der Waals surface area contributed by atoms with Crippen molar-refractivity contribution in [3.05, 3.63) is 17.2 Å². The maximum Gasteiger partial charge on any atom is 0.356 e. The van der Waals surface area contributed by atoms with Gasteiger partial charge in [0.1, 0.15) is 5.82 Å². The summed E-state index contributed by atoms with van der Waals surface area (Å²) in [5, 5.41) is 17.0. The van der Waals surface area contributed by atoms with Gasteiger partial charge in [-0.15, -0.1) is 0 Å². The lowest BCUT2D eigenvalue weighted by Crippen LogP contribution is -2.01. The molecule has 2 N–H and O–H groups in total. The number of hydrogen-bond acceptors (Lipinski definition) is 3. The summed E-state index contributed by atoms with van der Waals surface area (Å²) in [5.74, 6) is -0.595. The van der Waals surface area contributed by atoms with Crippen LogP contribution in [0.25, 0.3) is 0 Å². The summed E-state index contributed by atoms with van der Waals surface area (Å²) in [6.45, 7) is 1.65. The zero-order chi connectivity index (χ0) is 9.14. The van der Waals surface area contributed by atoms with Gasteiger partial charge >= 0.3 is 5.97 Å². The van der Waals surface area contributed by atoms with E-state index in [9.17, 15) is 4.79 Å². The molecule has 5 nitrogen and oxygen atoms in total. The van der Waals surface area contributed by atoms with Gasteiger partial charge in [0.15, 0.2) is 5.69 Å². The Morgan fingerprint density at radius 2 is 2.50 bits per heavy atom. The van der Waals surface area contributed by atoms with Crippen LogP contribution in [0.3, 0.4) is 0 Å². The highest BCUT2D eigenvalue weighted by molar-refractivity contribution is 5.86. The van der Waals surface area contributed by atoms with Crippen LogP contribution in [0, 0.1) is 18.3 Å². The number of nitrogens with one attached hydrogen (secondary N) is 1. The van der Waals surface area contributed by atoms with Crippen molar-refractivity contribution in [2.45, 2.75) is 13.3 Å². The zero-order valence-electron chi connectivity index (χ0n) is 6.46. The van der Waals surface area contributed by atoms with Gasteiger partial charge in [-0.3, -0.25) is 0 Å². The van der Waals surface area contributed by atoms with E-state index in [0.717, 1.165) is 0 Å². The standard InChI is InChI=1S/C7H7N3O2/c1-4-9-5(2-3-8)6(10-4)7(11)12/h2H2,1H3,(H,9,10)(H,11,12). The van der Waals surface area contributed by atoms with Crippen molar-refractivity contribution in [2.75, 3.05) is 0 Å². The Bertz CT molecular complexity index is 348. The number of imidazole rings is 1. The first-order valence-corrected chi connectivity index (χ1v) is 3.31. The summed E-state index contributed by atoms with van der Waals surface area (Å²) in [5.41, 5.74) is 0.302. The molecule has 0 radical (unpaired) electrons. The van der Waals surface area contributed by atoms with Crippen LogP contribution in [0.15, 0.2) is 0 Å². The second-order valence-electron chi connectivity index (χ2n) is 2.29. The number of rotatable bonds is 2. The third-order valence-electron chi connectivity index (χ3n) is 1.36. The summed E-state index contributed by atoms with van der Waals surface area (Å²) < 4.78 is 0. The summed E-state index contributed by atoms with van der Waals surface area (Å²) in [4.78, 5) is 17.0. The molecule has 1 heterocycles. The average molecular weight is 165 g/mol. The highest BCUT2D eigenvalue weighted by Gasteiger charge is 2.13. The molecular weight excluding hydrogens is 158 g/mol. The first-order valence-electron chi connectivity index (χ1n) is 3.31. The van der Waals surface area contributed by atoms with Gasteiger partial charge < -0.3 is 10.1 Å². The lowest BCUT2D eigenvalue weighted by molar-refractivity contribution is 0.0690. The highest BCUT2D eigenvalue weighted by Crippen LogP contribution is 2.05. The minimum atomic E-state index is -1.11. The number of carboxylic acid groups (broad SMARTS) is 1. The second-order valence-corrected chi connectivity index (χ2v) is 2.29. The van der Waals surface area contributed by atoms with Crippen molar-refractivity contribution >= 4 is 5.97 Å². The highest BCUT2D eigenvalue weighted by atomic mass is 16.4. The quantitative estimate of drug-likeness (QED) is 0.666. The molecule has 0 bridgehead atoms. The Hall–Kier alpha value is -1.83. The molecule has 0 fully saturated rings. The third-order valence-corrected chi connectivity index (χ3v) is 1.36. The number of aryl methyl sites for hydroxylation is 1. The van der Waals surface area contributed by atoms with E-state index in [-0.39, 0.29) is 12.1 Å². The minimum absolute atomic E-state index is 0.0441. The number of carboxylic acids is 1. The molecule has 62 valence electrons. The summed E-state index contributed by atoms with van der Waals surface area (Å²) >= 11 is 0. The first kappa shape index (κ1) is 8.27. The lowest BCUT2D eigenvalue weighted by Gasteiger charge is -1.88. The molecule has 0 atom stereocenters. The topological polar surface area (TPSA) is 89.8 Å². The fraction of sp³-hybridized carbons (Fsp3) is 0.286. The van der Waals surface area contributed by atoms with Gasteiger partial charge in [-0.25, -0.2) is 9.78 Å². The van der Waals surface area contributed by atoms with Gasteiger partial charge in [0, 0.05) is 0 Å². The Labute approximate surface area is 68.7 Å². The zero-order valence-corrected chi connectivity index (χ0v) is 6.46. The molecule has 0 aliphatic heterocycles. The number of nitriles is 1. The molecule has 5 heteroatoms. The van der Waals surface area contributed by atoms with Crippen molar-refractivity contribution in [2.24, 2.45) is 0 Å². The number of aromatic nitrogens is 2. The van der Waals surface area contributed by atoms with E-state index in [1.54, 1.807) is 6.92 Å². The summed E-state index contributed by atoms with van der Waals surface area (Å²) in [6, 6.07) is 1.86. The van der Waals surface area contributed by atoms with Crippen LogP contribution in [-0.4, -0.2) is 21.0 Å². The molecule has 1 rings (SSSR count). The van der Waals surface area contributed by atoms with Crippen LogP contribution < -0.4 is 0 Å². The number of hydrogen-bond donors (Lipinski definition) is 2. The Morgan fingerprint density at radius 1 is 1.83 bits per heavy atom. The summed E-state index contributed by atoms with van der Waals surface area (Å²) in [6.07, 6.45) is 0.0441. The smallest absolute Gasteiger partial charge is 0.356 e. The molecule has 1 aromatic heterocycles. The number of aromatic amines is 1. The number of nitrogens with zero attached hydrogens (tertiary/aromatic N) is 2. The van der Waals surface area contributed by atoms with Crippen molar-refractivity contribution in [3.8, 4) is 6.07 Å². The summed E-state index contributed by atoms with van der Waals surface area (Å²) in [7, 11) is 0. The van der Waals surface area contributed by atoms with Gasteiger partial charge in [0.2, 0.25) is 0 Å². The van der Waals surface area contributed by atoms with Crippen LogP contribution in [0.4, 0.5) is 0 Å². The molecule has 1 aromatic rings. The van der Waals surface area contributed by atoms with Crippen molar-refractivity contribution in [1.29, 1.82) is 5.26 Å². The maximum atomic E-state index is 10.5. The van der Waals surface area contributed by atoms with Crippen LogP contribution in [-0.2, 0) is 6.42 Å². The largest absolute Gasteiger partial charge is 0.476 e. The Balaban J connectivity index is 3.10. The SMILES string of the molecule is Cc1nc(C(=O)O)c(CC#N)[nH]1. The number of carbonyl (C=O) groups is 1. The third kappa shape index (κ3) is 1.42. The molecule has 0 unspecified atom stereocenters. The number of H-pyrrole nitrogens is 1. The molecule has 0 aromatic carbocycles. The van der Waals surface area contributed by atoms with Gasteiger partial charge in [0.05, 0.1) is 18.2 Å². The second kappa shape index (κ2) is 3.05. The molecule has 0 saturated heterocycles. The molecule has 0 aliphatic carbocycles. The van der Waals surface area contributed by atoms with Crippen molar-refractivity contribution in [3.63, 3.8) is 0 Å². The number of aromatic carboxylic acids is 1. The predicted molar refractivity (Wildman–Crippen MR) is 39.6 cm³/mol. The van der Waals surface area contributed by atoms with Crippen molar-refractivity contribution < 1.29 is 9.90 Å². The van der Waals surface area contributed by atoms with Gasteiger partial charge in [-0.2, -0.15) is 5.26 Å². The Kier molecular flexibility index (Phi) is 2.10. The van der Waals surface area contributed by atoms with E-state index in [1.165, 1.54) is 0 Å². The monoisotopic (exact) mass is 165 g/mol. The molecule has 0 spiro atoms. The van der Waals surface area contributed by atoms with E-state index in [2.05, 4.69) is 9.97 Å². The van der Waals surface area contributed by atoms with E-state index in [1.807, 2.05) is 6.07 Å². The van der Waals surface area contributed by atoms with E-state index in [4.69, 9.17) is 10.4 Å². The fourth-order valence-corrected chi connectivity index (χ4v) is 0.925. The maximum absolute atomic E-state index is 10.5. The van der Waals surface area contributed by atoms with Gasteiger partial charge in [-0.1, -0.05) is 0 Å². The van der Waals surface area contributed by atoms with E-state index < -0.39 is 5.97 Å². The molecule has 0 amide bonds. The Morgan fingerprint density at radius 3 is 3.00 bits per heavy atom.